The Morgan fingerprint density at radius 2 is 1.86 bits per heavy atom. The largest absolute Gasteiger partial charge is 0.338 e. The number of pyridine rings is 1. The van der Waals surface area contributed by atoms with Crippen LogP contribution in [0.25, 0.3) is 18.2 Å². The fourth-order valence-electron chi connectivity index (χ4n) is 7.66. The minimum Gasteiger partial charge on any atom is -0.338 e. The summed E-state index contributed by atoms with van der Waals surface area (Å²) >= 11 is 1.82. The van der Waals surface area contributed by atoms with Gasteiger partial charge in [0.1, 0.15) is 0 Å². The molecule has 4 heteroatoms. The Hall–Kier alpha value is -2.82. The smallest absolute Gasteiger partial charge is 0.208 e. The van der Waals surface area contributed by atoms with E-state index in [1.807, 2.05) is 11.8 Å². The highest BCUT2D eigenvalue weighted by atomic mass is 32.2. The highest BCUT2D eigenvalue weighted by Gasteiger charge is 2.42. The van der Waals surface area contributed by atoms with Crippen LogP contribution in [0.1, 0.15) is 85.4 Å². The first kappa shape index (κ1) is 30.2. The summed E-state index contributed by atoms with van der Waals surface area (Å²) in [5, 5.41) is 0. The van der Waals surface area contributed by atoms with Crippen LogP contribution in [0, 0.1) is 5.92 Å². The van der Waals surface area contributed by atoms with Crippen molar-refractivity contribution in [1.29, 1.82) is 0 Å². The second-order valence-corrected chi connectivity index (χ2v) is 15.2. The molecule has 1 aliphatic heterocycles. The third-order valence-electron chi connectivity index (χ3n) is 9.61. The van der Waals surface area contributed by atoms with Crippen molar-refractivity contribution in [3.05, 3.63) is 88.2 Å². The number of hydrogen-bond acceptors (Lipinski definition) is 2. The predicted octanol–water partition coefficient (Wildman–Crippen LogP) is 8.91. The summed E-state index contributed by atoms with van der Waals surface area (Å²) in [5.41, 5.74) is 11.6. The van der Waals surface area contributed by atoms with Gasteiger partial charge >= 0.3 is 0 Å². The number of quaternary nitrogens is 1. The summed E-state index contributed by atoms with van der Waals surface area (Å²) < 4.78 is 3.58. The first-order valence-corrected chi connectivity index (χ1v) is 17.7. The monoisotopic (exact) mass is 593 g/mol. The lowest BCUT2D eigenvalue weighted by Gasteiger charge is -2.27. The Kier molecular flexibility index (Phi) is 8.89. The SMILES string of the molecule is CSc1ccc(N2c3ccc(C=Cc4c(CC(C)C)c[n+](CCC[N+](C)(C)C)c5c4CCC=C5)cc3C3CCCC32)cc1. The number of thioether (sulfide) groups is 1. The standard InChI is InChI=1S/C39H51N3S/c1-28(2)25-30-27-40(23-10-24-42(3,4)5)37-13-8-7-11-34(37)33(30)21-15-29-16-22-39-36(26-29)35-12-9-14-38(35)41(39)31-17-19-32(43-6)20-18-31/h8,13,15-22,26-28,35,38H,7,9-12,14,23-25H2,1-6H3/q+2. The van der Waals surface area contributed by atoms with Gasteiger partial charge in [-0.25, -0.2) is 0 Å². The minimum absolute atomic E-state index is 0.590. The normalized spacial score (nSPS) is 19.4. The molecule has 3 aliphatic rings. The van der Waals surface area contributed by atoms with E-state index in [2.05, 4.69) is 124 Å². The van der Waals surface area contributed by atoms with Crippen LogP contribution >= 0.6 is 11.8 Å². The van der Waals surface area contributed by atoms with E-state index < -0.39 is 0 Å². The van der Waals surface area contributed by atoms with Crippen LogP contribution in [0.4, 0.5) is 11.4 Å². The average Bonchev–Trinajstić information content (AvgIpc) is 3.57. The molecule has 0 saturated heterocycles. The first-order chi connectivity index (χ1) is 20.7. The molecule has 1 fully saturated rings. The third kappa shape index (κ3) is 6.51. The van der Waals surface area contributed by atoms with Crippen LogP contribution < -0.4 is 9.47 Å². The molecule has 0 radical (unpaired) electrons. The Balaban J connectivity index is 1.33. The molecule has 0 bridgehead atoms. The van der Waals surface area contributed by atoms with E-state index in [-0.39, 0.29) is 0 Å². The summed E-state index contributed by atoms with van der Waals surface area (Å²) in [7, 11) is 6.89. The average molecular weight is 594 g/mol. The molecule has 1 saturated carbocycles. The minimum atomic E-state index is 0.590. The van der Waals surface area contributed by atoms with Crippen molar-refractivity contribution < 1.29 is 9.05 Å². The highest BCUT2D eigenvalue weighted by molar-refractivity contribution is 7.98. The van der Waals surface area contributed by atoms with Crippen LogP contribution in [0.2, 0.25) is 0 Å². The molecular weight excluding hydrogens is 543 g/mol. The molecule has 2 aliphatic carbocycles. The first-order valence-electron chi connectivity index (χ1n) is 16.5. The zero-order valence-electron chi connectivity index (χ0n) is 27.3. The number of benzene rings is 2. The molecule has 0 spiro atoms. The Morgan fingerprint density at radius 3 is 2.60 bits per heavy atom. The van der Waals surface area contributed by atoms with Gasteiger partial charge in [-0.3, -0.25) is 0 Å². The lowest BCUT2D eigenvalue weighted by atomic mass is 9.89. The lowest BCUT2D eigenvalue weighted by molar-refractivity contribution is -0.873. The van der Waals surface area contributed by atoms with Crippen molar-refractivity contribution >= 4 is 41.4 Å². The van der Waals surface area contributed by atoms with E-state index in [0.717, 1.165) is 30.3 Å². The molecule has 3 nitrogen and oxygen atoms in total. The summed E-state index contributed by atoms with van der Waals surface area (Å²) in [6.45, 7) is 6.98. The van der Waals surface area contributed by atoms with Gasteiger partial charge in [0, 0.05) is 45.4 Å². The molecule has 2 atom stereocenters. The number of rotatable bonds is 10. The molecule has 0 N–H and O–H groups in total. The van der Waals surface area contributed by atoms with Gasteiger partial charge in [-0.2, -0.15) is 4.57 Å². The number of aromatic nitrogens is 1. The van der Waals surface area contributed by atoms with Gasteiger partial charge in [0.2, 0.25) is 5.69 Å². The number of nitrogens with zero attached hydrogens (tertiary/aromatic N) is 3. The number of allylic oxidation sites excluding steroid dienone is 1. The third-order valence-corrected chi connectivity index (χ3v) is 10.4. The highest BCUT2D eigenvalue weighted by Crippen LogP contribution is 2.52. The van der Waals surface area contributed by atoms with Crippen molar-refractivity contribution in [1.82, 2.24) is 0 Å². The fraction of sp³-hybridized carbons (Fsp3) is 0.462. The van der Waals surface area contributed by atoms with Gasteiger partial charge in [-0.15, -0.1) is 11.8 Å². The Morgan fingerprint density at radius 1 is 1.05 bits per heavy atom. The van der Waals surface area contributed by atoms with Crippen LogP contribution in [-0.4, -0.2) is 44.5 Å². The molecular formula is C39H51N3S+2. The van der Waals surface area contributed by atoms with E-state index in [0.29, 0.717) is 17.9 Å². The fourth-order valence-corrected chi connectivity index (χ4v) is 8.07. The quantitative estimate of drug-likeness (QED) is 0.132. The van der Waals surface area contributed by atoms with Crippen molar-refractivity contribution in [3.63, 3.8) is 0 Å². The maximum Gasteiger partial charge on any atom is 0.208 e. The number of anilines is 2. The molecule has 2 heterocycles. The van der Waals surface area contributed by atoms with Gasteiger partial charge in [-0.1, -0.05) is 44.6 Å². The van der Waals surface area contributed by atoms with E-state index in [1.54, 1.807) is 11.1 Å². The van der Waals surface area contributed by atoms with Gasteiger partial charge in [0.15, 0.2) is 12.7 Å². The van der Waals surface area contributed by atoms with Gasteiger partial charge in [0.05, 0.1) is 34.1 Å². The Bertz CT molecular complexity index is 1510. The van der Waals surface area contributed by atoms with Crippen molar-refractivity contribution in [2.45, 2.75) is 82.2 Å². The van der Waals surface area contributed by atoms with Gasteiger partial charge in [0.25, 0.3) is 0 Å². The van der Waals surface area contributed by atoms with Crippen LogP contribution in [-0.2, 0) is 19.4 Å². The summed E-state index contributed by atoms with van der Waals surface area (Å²) in [4.78, 5) is 3.97. The van der Waals surface area contributed by atoms with Gasteiger partial charge < -0.3 is 9.38 Å². The number of aryl methyl sites for hydroxylation is 1. The van der Waals surface area contributed by atoms with E-state index in [4.69, 9.17) is 0 Å². The molecule has 1 aromatic heterocycles. The van der Waals surface area contributed by atoms with E-state index in [9.17, 15) is 0 Å². The molecule has 2 unspecified atom stereocenters. The van der Waals surface area contributed by atoms with Crippen molar-refractivity contribution in [2.75, 3.05) is 38.8 Å². The van der Waals surface area contributed by atoms with E-state index >= 15 is 0 Å². The zero-order valence-corrected chi connectivity index (χ0v) is 28.1. The van der Waals surface area contributed by atoms with E-state index in [1.165, 1.54) is 70.9 Å². The molecule has 226 valence electrons. The maximum absolute atomic E-state index is 2.64. The van der Waals surface area contributed by atoms with Crippen LogP contribution in [0.15, 0.2) is 59.6 Å². The van der Waals surface area contributed by atoms with Gasteiger partial charge in [-0.05, 0) is 97.4 Å². The molecule has 43 heavy (non-hydrogen) atoms. The number of fused-ring (bicyclic) bond motifs is 4. The van der Waals surface area contributed by atoms with Crippen LogP contribution in [0.3, 0.4) is 0 Å². The Labute approximate surface area is 264 Å². The maximum atomic E-state index is 2.64. The van der Waals surface area contributed by atoms with Crippen molar-refractivity contribution in [2.24, 2.45) is 5.92 Å². The van der Waals surface area contributed by atoms with Crippen molar-refractivity contribution in [3.8, 4) is 0 Å². The summed E-state index contributed by atoms with van der Waals surface area (Å²) in [6, 6.07) is 17.0. The summed E-state index contributed by atoms with van der Waals surface area (Å²) in [6.07, 6.45) is 22.7. The molecule has 2 aromatic carbocycles. The lowest BCUT2D eigenvalue weighted by Crippen LogP contribution is -2.43. The topological polar surface area (TPSA) is 7.12 Å². The number of hydrogen-bond donors (Lipinski definition) is 0. The van der Waals surface area contributed by atoms with Crippen LogP contribution in [0.5, 0.6) is 0 Å². The molecule has 3 aromatic rings. The zero-order chi connectivity index (χ0) is 30.1. The second-order valence-electron chi connectivity index (χ2n) is 14.4. The second kappa shape index (κ2) is 12.7. The summed E-state index contributed by atoms with van der Waals surface area (Å²) in [5.74, 6) is 1.26. The molecule has 0 amide bonds. The predicted molar refractivity (Wildman–Crippen MR) is 186 cm³/mol. The molecule has 6 rings (SSSR count).